The lowest BCUT2D eigenvalue weighted by molar-refractivity contribution is 0.0785. The molecule has 4 aromatic rings. The summed E-state index contributed by atoms with van der Waals surface area (Å²) in [5.41, 5.74) is 2.68. The van der Waals surface area contributed by atoms with Crippen molar-refractivity contribution >= 4 is 28.7 Å². The predicted molar refractivity (Wildman–Crippen MR) is 119 cm³/mol. The molecule has 2 aromatic carbocycles. The van der Waals surface area contributed by atoms with Crippen molar-refractivity contribution < 1.29 is 14.6 Å². The molecule has 2 heterocycles. The van der Waals surface area contributed by atoms with Crippen LogP contribution in [0.5, 0.6) is 11.6 Å². The van der Waals surface area contributed by atoms with Crippen molar-refractivity contribution in [3.63, 3.8) is 0 Å². The first-order chi connectivity index (χ1) is 14.8. The van der Waals surface area contributed by atoms with Crippen molar-refractivity contribution in [1.82, 2.24) is 19.0 Å². The third-order valence-electron chi connectivity index (χ3n) is 4.92. The molecule has 31 heavy (non-hydrogen) atoms. The van der Waals surface area contributed by atoms with Crippen LogP contribution < -0.4 is 10.1 Å². The first-order valence-electron chi connectivity index (χ1n) is 9.80. The highest BCUT2D eigenvalue weighted by atomic mass is 32.1. The van der Waals surface area contributed by atoms with Crippen LogP contribution in [0.15, 0.2) is 60.8 Å². The SMILES string of the molecule is C[C@H](NC(=O)c1cccnc1Oc1ccc2nsnc2c1)c1ccc(C(C)(C)O)cc1. The van der Waals surface area contributed by atoms with E-state index in [2.05, 4.69) is 19.0 Å². The number of amides is 1. The summed E-state index contributed by atoms with van der Waals surface area (Å²) < 4.78 is 14.3. The lowest BCUT2D eigenvalue weighted by Crippen LogP contribution is -2.27. The number of benzene rings is 2. The van der Waals surface area contributed by atoms with E-state index < -0.39 is 5.60 Å². The van der Waals surface area contributed by atoms with Crippen molar-refractivity contribution in [2.24, 2.45) is 0 Å². The van der Waals surface area contributed by atoms with Crippen LogP contribution in [0.1, 0.15) is 48.3 Å². The Morgan fingerprint density at radius 2 is 1.84 bits per heavy atom. The summed E-state index contributed by atoms with van der Waals surface area (Å²) in [7, 11) is 0. The zero-order valence-electron chi connectivity index (χ0n) is 17.4. The number of rotatable bonds is 6. The molecular formula is C23H22N4O3S. The maximum absolute atomic E-state index is 12.9. The highest BCUT2D eigenvalue weighted by Gasteiger charge is 2.19. The summed E-state index contributed by atoms with van der Waals surface area (Å²) in [5.74, 6) is 0.453. The fraction of sp³-hybridized carbons (Fsp3) is 0.217. The third-order valence-corrected chi connectivity index (χ3v) is 5.48. The first-order valence-corrected chi connectivity index (χ1v) is 10.5. The van der Waals surface area contributed by atoms with Crippen molar-refractivity contribution in [2.75, 3.05) is 0 Å². The minimum atomic E-state index is -0.912. The van der Waals surface area contributed by atoms with E-state index in [0.717, 1.165) is 33.9 Å². The molecule has 0 fully saturated rings. The average molecular weight is 435 g/mol. The van der Waals surface area contributed by atoms with Gasteiger partial charge in [-0.1, -0.05) is 24.3 Å². The molecular weight excluding hydrogens is 412 g/mol. The summed E-state index contributed by atoms with van der Waals surface area (Å²) in [5, 5.41) is 13.1. The zero-order valence-corrected chi connectivity index (χ0v) is 18.2. The number of ether oxygens (including phenoxy) is 1. The van der Waals surface area contributed by atoms with Gasteiger partial charge in [0, 0.05) is 12.3 Å². The fourth-order valence-electron chi connectivity index (χ4n) is 3.12. The van der Waals surface area contributed by atoms with E-state index >= 15 is 0 Å². The third kappa shape index (κ3) is 4.70. The monoisotopic (exact) mass is 434 g/mol. The van der Waals surface area contributed by atoms with Gasteiger partial charge in [0.1, 0.15) is 22.3 Å². The van der Waals surface area contributed by atoms with Crippen LogP contribution in [0.3, 0.4) is 0 Å². The number of carbonyl (C=O) groups excluding carboxylic acids is 1. The van der Waals surface area contributed by atoms with Crippen molar-refractivity contribution in [3.05, 3.63) is 77.5 Å². The molecule has 0 aliphatic heterocycles. The number of pyridine rings is 1. The highest BCUT2D eigenvalue weighted by Crippen LogP contribution is 2.27. The van der Waals surface area contributed by atoms with Crippen molar-refractivity contribution in [3.8, 4) is 11.6 Å². The number of aliphatic hydroxyl groups is 1. The van der Waals surface area contributed by atoms with E-state index in [1.165, 1.54) is 0 Å². The molecule has 158 valence electrons. The minimum absolute atomic E-state index is 0.215. The number of hydrogen-bond donors (Lipinski definition) is 2. The minimum Gasteiger partial charge on any atom is -0.438 e. The number of fused-ring (bicyclic) bond motifs is 1. The van der Waals surface area contributed by atoms with Gasteiger partial charge in [0.15, 0.2) is 0 Å². The Kier molecular flexibility index (Phi) is 5.67. The van der Waals surface area contributed by atoms with Gasteiger partial charge in [-0.25, -0.2) is 4.98 Å². The largest absolute Gasteiger partial charge is 0.438 e. The second kappa shape index (κ2) is 8.41. The molecule has 4 rings (SSSR count). The molecule has 0 radical (unpaired) electrons. The van der Waals surface area contributed by atoms with Crippen LogP contribution in [0.2, 0.25) is 0 Å². The quantitative estimate of drug-likeness (QED) is 0.460. The smallest absolute Gasteiger partial charge is 0.257 e. The molecule has 7 nitrogen and oxygen atoms in total. The lowest BCUT2D eigenvalue weighted by atomic mass is 9.96. The van der Waals surface area contributed by atoms with Crippen LogP contribution >= 0.6 is 11.7 Å². The van der Waals surface area contributed by atoms with Gasteiger partial charge in [0.2, 0.25) is 5.88 Å². The van der Waals surface area contributed by atoms with Gasteiger partial charge < -0.3 is 15.2 Å². The van der Waals surface area contributed by atoms with E-state index in [4.69, 9.17) is 4.74 Å². The standard InChI is InChI=1S/C23H22N4O3S/c1-14(15-6-8-16(9-7-15)23(2,3)29)25-21(28)18-5-4-12-24-22(18)30-17-10-11-19-20(13-17)27-31-26-19/h4-14,29H,1-3H3,(H,25,28)/t14-/m0/s1. The number of nitrogens with one attached hydrogen (secondary N) is 1. The van der Waals surface area contributed by atoms with Gasteiger partial charge in [0.05, 0.1) is 23.4 Å². The van der Waals surface area contributed by atoms with Crippen LogP contribution in [0.4, 0.5) is 0 Å². The predicted octanol–water partition coefficient (Wildman–Crippen LogP) is 4.60. The van der Waals surface area contributed by atoms with E-state index in [1.54, 1.807) is 44.3 Å². The van der Waals surface area contributed by atoms with Crippen LogP contribution in [-0.2, 0) is 5.60 Å². The molecule has 0 aliphatic carbocycles. The molecule has 8 heteroatoms. The van der Waals surface area contributed by atoms with Crippen molar-refractivity contribution in [2.45, 2.75) is 32.4 Å². The highest BCUT2D eigenvalue weighted by molar-refractivity contribution is 7.00. The Morgan fingerprint density at radius 1 is 1.10 bits per heavy atom. The molecule has 0 saturated carbocycles. The molecule has 0 spiro atoms. The van der Waals surface area contributed by atoms with Gasteiger partial charge in [-0.15, -0.1) is 0 Å². The molecule has 0 unspecified atom stereocenters. The van der Waals surface area contributed by atoms with Gasteiger partial charge in [-0.3, -0.25) is 4.79 Å². The zero-order chi connectivity index (χ0) is 22.0. The summed E-state index contributed by atoms with van der Waals surface area (Å²) >= 11 is 1.13. The van der Waals surface area contributed by atoms with E-state index in [1.807, 2.05) is 37.3 Å². The average Bonchev–Trinajstić information content (AvgIpc) is 3.21. The van der Waals surface area contributed by atoms with Crippen LogP contribution in [0.25, 0.3) is 11.0 Å². The van der Waals surface area contributed by atoms with Gasteiger partial charge in [0.25, 0.3) is 5.91 Å². The summed E-state index contributed by atoms with van der Waals surface area (Å²) in [6, 6.07) is 16.0. The van der Waals surface area contributed by atoms with Crippen molar-refractivity contribution in [1.29, 1.82) is 0 Å². The summed E-state index contributed by atoms with van der Waals surface area (Å²) in [6.07, 6.45) is 1.58. The molecule has 2 N–H and O–H groups in total. The topological polar surface area (TPSA) is 97.2 Å². The molecule has 0 saturated heterocycles. The van der Waals surface area contributed by atoms with Gasteiger partial charge in [-0.2, -0.15) is 8.75 Å². The Balaban J connectivity index is 1.51. The Morgan fingerprint density at radius 3 is 2.58 bits per heavy atom. The van der Waals surface area contributed by atoms with Gasteiger partial charge in [-0.05, 0) is 56.2 Å². The molecule has 0 aliphatic rings. The second-order valence-corrected chi connectivity index (χ2v) is 8.28. The Bertz CT molecular complexity index is 1220. The second-order valence-electron chi connectivity index (χ2n) is 7.75. The first kappa shape index (κ1) is 20.9. The Labute approximate surface area is 184 Å². The van der Waals surface area contributed by atoms with Crippen LogP contribution in [-0.4, -0.2) is 24.7 Å². The molecule has 0 bridgehead atoms. The molecule has 2 aromatic heterocycles. The maximum Gasteiger partial charge on any atom is 0.257 e. The summed E-state index contributed by atoms with van der Waals surface area (Å²) in [6.45, 7) is 5.37. The normalized spacial score (nSPS) is 12.5. The fourth-order valence-corrected chi connectivity index (χ4v) is 3.64. The van der Waals surface area contributed by atoms with E-state index in [0.29, 0.717) is 11.3 Å². The molecule has 1 atom stereocenters. The number of aromatic nitrogens is 3. The lowest BCUT2D eigenvalue weighted by Gasteiger charge is -2.20. The van der Waals surface area contributed by atoms with Crippen LogP contribution in [0, 0.1) is 0 Å². The molecule has 1 amide bonds. The number of nitrogens with zero attached hydrogens (tertiary/aromatic N) is 3. The number of carbonyl (C=O) groups is 1. The van der Waals surface area contributed by atoms with E-state index in [-0.39, 0.29) is 17.8 Å². The number of hydrogen-bond acceptors (Lipinski definition) is 7. The Hall–Kier alpha value is -3.36. The van der Waals surface area contributed by atoms with E-state index in [9.17, 15) is 9.90 Å². The maximum atomic E-state index is 12.9. The summed E-state index contributed by atoms with van der Waals surface area (Å²) in [4.78, 5) is 17.2. The van der Waals surface area contributed by atoms with Gasteiger partial charge >= 0.3 is 0 Å².